The van der Waals surface area contributed by atoms with Crippen LogP contribution in [0.3, 0.4) is 0 Å². The third-order valence-corrected chi connectivity index (χ3v) is 6.06. The third kappa shape index (κ3) is 5.30. The Morgan fingerprint density at radius 2 is 1.77 bits per heavy atom. The number of hydrogen-bond acceptors (Lipinski definition) is 4. The third-order valence-electron chi connectivity index (χ3n) is 6.06. The fraction of sp³-hybridized carbons (Fsp3) is 0.591. The molecule has 8 nitrogen and oxygen atoms in total. The SMILES string of the molecule is CCC(=O)N1c2ccccc2[C@H](NC2CCC(NC(=O)NCC(=O)O)CC2)C[C@@H]1C. The van der Waals surface area contributed by atoms with Gasteiger partial charge < -0.3 is 26.0 Å². The summed E-state index contributed by atoms with van der Waals surface area (Å²) in [6.45, 7) is 3.63. The first-order valence-electron chi connectivity index (χ1n) is 10.8. The van der Waals surface area contributed by atoms with Crippen molar-refractivity contribution in [1.82, 2.24) is 16.0 Å². The van der Waals surface area contributed by atoms with E-state index in [-0.39, 0.29) is 30.6 Å². The summed E-state index contributed by atoms with van der Waals surface area (Å²) >= 11 is 0. The maximum Gasteiger partial charge on any atom is 0.323 e. The van der Waals surface area contributed by atoms with Crippen molar-refractivity contribution in [3.63, 3.8) is 0 Å². The number of carbonyl (C=O) groups excluding carboxylic acids is 2. The lowest BCUT2D eigenvalue weighted by Gasteiger charge is -2.41. The number of nitrogens with one attached hydrogen (secondary N) is 3. The van der Waals surface area contributed by atoms with Gasteiger partial charge in [0.1, 0.15) is 6.54 Å². The van der Waals surface area contributed by atoms with Crippen molar-refractivity contribution < 1.29 is 19.5 Å². The van der Waals surface area contributed by atoms with Crippen molar-refractivity contribution in [2.75, 3.05) is 11.4 Å². The highest BCUT2D eigenvalue weighted by Crippen LogP contribution is 2.38. The number of rotatable bonds is 6. The number of hydrogen-bond donors (Lipinski definition) is 4. The first-order chi connectivity index (χ1) is 14.4. The van der Waals surface area contributed by atoms with Gasteiger partial charge in [0.2, 0.25) is 5.91 Å². The van der Waals surface area contributed by atoms with E-state index in [0.717, 1.165) is 37.8 Å². The molecular formula is C22H32N4O4. The summed E-state index contributed by atoms with van der Waals surface area (Å²) in [6.07, 6.45) is 4.94. The van der Waals surface area contributed by atoms with Crippen molar-refractivity contribution in [3.05, 3.63) is 29.8 Å². The first kappa shape index (κ1) is 22.1. The van der Waals surface area contributed by atoms with Gasteiger partial charge in [0.15, 0.2) is 0 Å². The molecule has 0 unspecified atom stereocenters. The Kier molecular flexibility index (Phi) is 7.31. The number of carboxylic acids is 1. The van der Waals surface area contributed by atoms with Crippen LogP contribution in [-0.2, 0) is 9.59 Å². The Morgan fingerprint density at radius 3 is 2.43 bits per heavy atom. The van der Waals surface area contributed by atoms with Crippen LogP contribution in [0, 0.1) is 0 Å². The van der Waals surface area contributed by atoms with Crippen molar-refractivity contribution in [2.24, 2.45) is 0 Å². The van der Waals surface area contributed by atoms with Crippen molar-refractivity contribution in [2.45, 2.75) is 76.5 Å². The van der Waals surface area contributed by atoms with Crippen LogP contribution in [0.15, 0.2) is 24.3 Å². The molecule has 0 saturated heterocycles. The summed E-state index contributed by atoms with van der Waals surface area (Å²) in [6, 6.07) is 8.47. The minimum Gasteiger partial charge on any atom is -0.480 e. The Morgan fingerprint density at radius 1 is 1.10 bits per heavy atom. The number of anilines is 1. The summed E-state index contributed by atoms with van der Waals surface area (Å²) in [7, 11) is 0. The molecule has 3 amide bonds. The monoisotopic (exact) mass is 416 g/mol. The molecule has 0 bridgehead atoms. The van der Waals surface area contributed by atoms with Crippen LogP contribution in [0.2, 0.25) is 0 Å². The lowest BCUT2D eigenvalue weighted by molar-refractivity contribution is -0.135. The van der Waals surface area contributed by atoms with Gasteiger partial charge >= 0.3 is 12.0 Å². The van der Waals surface area contributed by atoms with Gasteiger partial charge in [-0.05, 0) is 50.7 Å². The fourth-order valence-corrected chi connectivity index (χ4v) is 4.60. The molecule has 1 saturated carbocycles. The summed E-state index contributed by atoms with van der Waals surface area (Å²) in [5.41, 5.74) is 2.18. The second-order valence-electron chi connectivity index (χ2n) is 8.25. The molecule has 164 valence electrons. The minimum absolute atomic E-state index is 0.0621. The van der Waals surface area contributed by atoms with E-state index in [1.165, 1.54) is 5.56 Å². The highest BCUT2D eigenvalue weighted by atomic mass is 16.4. The lowest BCUT2D eigenvalue weighted by atomic mass is 9.87. The standard InChI is InChI=1S/C22H32N4O4/c1-3-20(27)26-14(2)12-18(17-6-4-5-7-19(17)26)24-15-8-10-16(11-9-15)25-22(30)23-13-21(28)29/h4-7,14-16,18,24H,3,8-13H2,1-2H3,(H,28,29)(H2,23,25,30)/t14-,15?,16?,18+/m0/s1. The maximum atomic E-state index is 12.5. The molecule has 0 spiro atoms. The van der Waals surface area contributed by atoms with Crippen molar-refractivity contribution >= 4 is 23.6 Å². The van der Waals surface area contributed by atoms with Crippen LogP contribution in [0.25, 0.3) is 0 Å². The molecule has 30 heavy (non-hydrogen) atoms. The molecular weight excluding hydrogens is 384 g/mol. The number of aliphatic carboxylic acids is 1. The number of urea groups is 1. The van der Waals surface area contributed by atoms with Crippen LogP contribution in [0.5, 0.6) is 0 Å². The van der Waals surface area contributed by atoms with E-state index < -0.39 is 12.0 Å². The average molecular weight is 417 g/mol. The maximum absolute atomic E-state index is 12.5. The van der Waals surface area contributed by atoms with Gasteiger partial charge in [-0.1, -0.05) is 25.1 Å². The van der Waals surface area contributed by atoms with E-state index in [2.05, 4.69) is 28.9 Å². The summed E-state index contributed by atoms with van der Waals surface area (Å²) < 4.78 is 0. The van der Waals surface area contributed by atoms with E-state index in [1.54, 1.807) is 0 Å². The molecule has 1 fully saturated rings. The molecule has 1 heterocycles. The Hall–Kier alpha value is -2.61. The molecule has 8 heteroatoms. The minimum atomic E-state index is -1.06. The molecule has 1 aliphatic carbocycles. The zero-order chi connectivity index (χ0) is 21.7. The Balaban J connectivity index is 1.56. The van der Waals surface area contributed by atoms with Gasteiger partial charge in [-0.3, -0.25) is 9.59 Å². The number of carbonyl (C=O) groups is 3. The van der Waals surface area contributed by atoms with E-state index in [0.29, 0.717) is 12.5 Å². The van der Waals surface area contributed by atoms with Crippen LogP contribution >= 0.6 is 0 Å². The topological polar surface area (TPSA) is 111 Å². The number of benzene rings is 1. The molecule has 2 aliphatic rings. The van der Waals surface area contributed by atoms with E-state index in [4.69, 9.17) is 5.11 Å². The second-order valence-corrected chi connectivity index (χ2v) is 8.25. The van der Waals surface area contributed by atoms with Crippen molar-refractivity contribution in [1.29, 1.82) is 0 Å². The smallest absolute Gasteiger partial charge is 0.323 e. The van der Waals surface area contributed by atoms with Gasteiger partial charge in [0.05, 0.1) is 0 Å². The number of nitrogens with zero attached hydrogens (tertiary/aromatic N) is 1. The molecule has 0 radical (unpaired) electrons. The molecule has 1 aromatic carbocycles. The molecule has 1 aliphatic heterocycles. The first-order valence-corrected chi connectivity index (χ1v) is 10.8. The predicted molar refractivity (Wildman–Crippen MR) is 114 cm³/mol. The largest absolute Gasteiger partial charge is 0.480 e. The van der Waals surface area contributed by atoms with Gasteiger partial charge in [-0.15, -0.1) is 0 Å². The molecule has 1 aromatic rings. The predicted octanol–water partition coefficient (Wildman–Crippen LogP) is 2.55. The quantitative estimate of drug-likeness (QED) is 0.570. The highest BCUT2D eigenvalue weighted by Gasteiger charge is 2.34. The zero-order valence-electron chi connectivity index (χ0n) is 17.7. The second kappa shape index (κ2) is 9.93. The van der Waals surface area contributed by atoms with Crippen LogP contribution < -0.4 is 20.9 Å². The van der Waals surface area contributed by atoms with Gasteiger partial charge in [0.25, 0.3) is 0 Å². The lowest BCUT2D eigenvalue weighted by Crippen LogP contribution is -2.49. The highest BCUT2D eigenvalue weighted by molar-refractivity contribution is 5.95. The molecule has 0 aromatic heterocycles. The number of para-hydroxylation sites is 1. The normalized spacial score (nSPS) is 25.9. The van der Waals surface area contributed by atoms with Gasteiger partial charge in [0, 0.05) is 36.3 Å². The summed E-state index contributed by atoms with van der Waals surface area (Å²) in [5, 5.41) is 17.6. The number of amides is 3. The number of fused-ring (bicyclic) bond motifs is 1. The van der Waals surface area contributed by atoms with Gasteiger partial charge in [-0.2, -0.15) is 0 Å². The van der Waals surface area contributed by atoms with E-state index >= 15 is 0 Å². The Labute approximate surface area is 177 Å². The molecule has 2 atom stereocenters. The molecule has 4 N–H and O–H groups in total. The Bertz CT molecular complexity index is 776. The van der Waals surface area contributed by atoms with E-state index in [1.807, 2.05) is 30.0 Å². The summed E-state index contributed by atoms with van der Waals surface area (Å²) in [4.78, 5) is 36.7. The fourth-order valence-electron chi connectivity index (χ4n) is 4.60. The van der Waals surface area contributed by atoms with Gasteiger partial charge in [-0.25, -0.2) is 4.79 Å². The zero-order valence-corrected chi connectivity index (χ0v) is 17.7. The van der Waals surface area contributed by atoms with Crippen molar-refractivity contribution in [3.8, 4) is 0 Å². The van der Waals surface area contributed by atoms with Crippen LogP contribution in [0.4, 0.5) is 10.5 Å². The molecule has 3 rings (SSSR count). The van der Waals surface area contributed by atoms with E-state index in [9.17, 15) is 14.4 Å². The average Bonchev–Trinajstić information content (AvgIpc) is 2.73. The summed E-state index contributed by atoms with van der Waals surface area (Å²) in [5.74, 6) is -0.902. The van der Waals surface area contributed by atoms with Crippen LogP contribution in [-0.4, -0.2) is 47.7 Å². The number of carboxylic acid groups (broad SMARTS) is 1. The van der Waals surface area contributed by atoms with Crippen LogP contribution in [0.1, 0.15) is 64.0 Å².